The minimum absolute atomic E-state index is 0.0153. The van der Waals surface area contributed by atoms with Gasteiger partial charge in [-0.3, -0.25) is 0 Å². The molecule has 3 N–H and O–H groups in total. The smallest absolute Gasteiger partial charge is 0.182 e. The van der Waals surface area contributed by atoms with E-state index < -0.39 is 32.2 Å². The summed E-state index contributed by atoms with van der Waals surface area (Å²) >= 11 is 0. The molecule has 23 heavy (non-hydrogen) atoms. The molecule has 0 aromatic heterocycles. The Morgan fingerprint density at radius 2 is 1.83 bits per heavy atom. The highest BCUT2D eigenvalue weighted by atomic mass is 32.2. The third-order valence-electron chi connectivity index (χ3n) is 4.67. The molecule has 0 heterocycles. The standard InChI is InChI=1S/C17H18FNO3S/c18-13-6-4-5-12(9-13)15-16(17(15,10-19)11-20)23(21,22)14-7-2-1-3-8-14/h1-9,15-16,20H,10-11,19H2/t15-,16+,17-/m1/s1. The van der Waals surface area contributed by atoms with Gasteiger partial charge in [0, 0.05) is 17.9 Å². The zero-order valence-corrected chi connectivity index (χ0v) is 13.2. The molecule has 0 saturated heterocycles. The lowest BCUT2D eigenvalue weighted by Crippen LogP contribution is -2.27. The summed E-state index contributed by atoms with van der Waals surface area (Å²) in [7, 11) is -3.67. The monoisotopic (exact) mass is 335 g/mol. The predicted octanol–water partition coefficient (Wildman–Crippen LogP) is 1.70. The van der Waals surface area contributed by atoms with Crippen molar-refractivity contribution in [1.29, 1.82) is 0 Å². The summed E-state index contributed by atoms with van der Waals surface area (Å²) < 4.78 is 39.4. The lowest BCUT2D eigenvalue weighted by molar-refractivity contribution is 0.212. The van der Waals surface area contributed by atoms with Crippen LogP contribution >= 0.6 is 0 Å². The molecule has 2 aromatic carbocycles. The summed E-state index contributed by atoms with van der Waals surface area (Å²) in [6.07, 6.45) is 0. The minimum atomic E-state index is -3.67. The maximum absolute atomic E-state index is 13.5. The van der Waals surface area contributed by atoms with Crippen molar-refractivity contribution < 1.29 is 17.9 Å². The normalized spacial score (nSPS) is 26.9. The number of halogens is 1. The van der Waals surface area contributed by atoms with E-state index in [4.69, 9.17) is 5.73 Å². The van der Waals surface area contributed by atoms with E-state index in [2.05, 4.69) is 0 Å². The van der Waals surface area contributed by atoms with Crippen molar-refractivity contribution >= 4 is 9.84 Å². The Morgan fingerprint density at radius 3 is 2.39 bits per heavy atom. The summed E-state index contributed by atoms with van der Waals surface area (Å²) in [5.74, 6) is -0.951. The van der Waals surface area contributed by atoms with Gasteiger partial charge in [-0.25, -0.2) is 12.8 Å². The number of aliphatic hydroxyl groups is 1. The highest BCUT2D eigenvalue weighted by molar-refractivity contribution is 7.92. The molecule has 1 saturated carbocycles. The number of sulfone groups is 1. The molecule has 3 rings (SSSR count). The fourth-order valence-corrected chi connectivity index (χ4v) is 5.87. The van der Waals surface area contributed by atoms with Gasteiger partial charge in [-0.05, 0) is 29.8 Å². The first-order valence-electron chi connectivity index (χ1n) is 7.33. The first-order chi connectivity index (χ1) is 11.0. The van der Waals surface area contributed by atoms with Crippen molar-refractivity contribution in [3.8, 4) is 0 Å². The van der Waals surface area contributed by atoms with Crippen LogP contribution in [0.1, 0.15) is 11.5 Å². The fourth-order valence-electron chi connectivity index (χ4n) is 3.40. The van der Waals surface area contributed by atoms with Crippen molar-refractivity contribution in [2.45, 2.75) is 16.1 Å². The lowest BCUT2D eigenvalue weighted by Gasteiger charge is -2.12. The Morgan fingerprint density at radius 1 is 1.13 bits per heavy atom. The molecule has 1 aliphatic carbocycles. The molecule has 3 atom stereocenters. The second kappa shape index (κ2) is 5.70. The van der Waals surface area contributed by atoms with Crippen molar-refractivity contribution in [1.82, 2.24) is 0 Å². The van der Waals surface area contributed by atoms with Crippen molar-refractivity contribution in [2.75, 3.05) is 13.2 Å². The van der Waals surface area contributed by atoms with E-state index in [9.17, 15) is 17.9 Å². The number of aliphatic hydroxyl groups excluding tert-OH is 1. The van der Waals surface area contributed by atoms with Gasteiger partial charge in [0.15, 0.2) is 9.84 Å². The summed E-state index contributed by atoms with van der Waals surface area (Å²) in [5, 5.41) is 8.95. The Labute approximate surface area is 134 Å². The minimum Gasteiger partial charge on any atom is -0.396 e. The van der Waals surface area contributed by atoms with Gasteiger partial charge >= 0.3 is 0 Å². The van der Waals surface area contributed by atoms with Gasteiger partial charge in [0.1, 0.15) is 5.82 Å². The Balaban J connectivity index is 2.07. The summed E-state index contributed by atoms with van der Waals surface area (Å²) in [5.41, 5.74) is 5.37. The Kier molecular flexibility index (Phi) is 4.00. The van der Waals surface area contributed by atoms with Gasteiger partial charge in [0.25, 0.3) is 0 Å². The van der Waals surface area contributed by atoms with E-state index in [0.717, 1.165) is 0 Å². The molecule has 2 aromatic rings. The van der Waals surface area contributed by atoms with Crippen LogP contribution < -0.4 is 5.73 Å². The molecule has 122 valence electrons. The highest BCUT2D eigenvalue weighted by Crippen LogP contribution is 2.63. The first-order valence-corrected chi connectivity index (χ1v) is 8.87. The summed E-state index contributed by atoms with van der Waals surface area (Å²) in [4.78, 5) is 0.190. The van der Waals surface area contributed by atoms with E-state index in [1.165, 1.54) is 30.3 Å². The van der Waals surface area contributed by atoms with E-state index in [0.29, 0.717) is 5.56 Å². The Bertz CT molecular complexity index is 804. The van der Waals surface area contributed by atoms with Gasteiger partial charge in [-0.2, -0.15) is 0 Å². The third-order valence-corrected chi connectivity index (χ3v) is 7.01. The molecule has 0 bridgehead atoms. The largest absolute Gasteiger partial charge is 0.396 e. The van der Waals surface area contributed by atoms with Gasteiger partial charge in [0.2, 0.25) is 0 Å². The van der Waals surface area contributed by atoms with Gasteiger partial charge < -0.3 is 10.8 Å². The molecule has 0 amide bonds. The lowest BCUT2D eigenvalue weighted by atomic mass is 10.00. The van der Waals surface area contributed by atoms with Crippen molar-refractivity contribution in [2.24, 2.45) is 11.1 Å². The molecule has 6 heteroatoms. The van der Waals surface area contributed by atoms with Crippen LogP contribution in [0, 0.1) is 11.2 Å². The molecule has 1 aliphatic rings. The number of hydrogen-bond donors (Lipinski definition) is 2. The topological polar surface area (TPSA) is 80.4 Å². The molecule has 1 fully saturated rings. The van der Waals surface area contributed by atoms with Crippen LogP contribution in [0.5, 0.6) is 0 Å². The van der Waals surface area contributed by atoms with E-state index in [1.54, 1.807) is 24.3 Å². The van der Waals surface area contributed by atoms with Crippen LogP contribution in [0.2, 0.25) is 0 Å². The second-order valence-electron chi connectivity index (χ2n) is 5.91. The summed E-state index contributed by atoms with van der Waals surface area (Å²) in [6, 6.07) is 13.9. The first kappa shape index (κ1) is 16.1. The molecular weight excluding hydrogens is 317 g/mol. The predicted molar refractivity (Wildman–Crippen MR) is 85.1 cm³/mol. The maximum Gasteiger partial charge on any atom is 0.182 e. The maximum atomic E-state index is 13.5. The second-order valence-corrected chi connectivity index (χ2v) is 7.98. The summed E-state index contributed by atoms with van der Waals surface area (Å²) in [6.45, 7) is -0.344. The number of rotatable bonds is 5. The van der Waals surface area contributed by atoms with Gasteiger partial charge in [-0.15, -0.1) is 0 Å². The number of nitrogens with two attached hydrogens (primary N) is 1. The zero-order valence-electron chi connectivity index (χ0n) is 12.4. The van der Waals surface area contributed by atoms with Crippen LogP contribution in [-0.2, 0) is 9.84 Å². The van der Waals surface area contributed by atoms with Crippen LogP contribution in [0.25, 0.3) is 0 Å². The zero-order chi connectivity index (χ0) is 16.7. The third kappa shape index (κ3) is 2.47. The quantitative estimate of drug-likeness (QED) is 0.871. The van der Waals surface area contributed by atoms with Crippen LogP contribution in [0.3, 0.4) is 0 Å². The highest BCUT2D eigenvalue weighted by Gasteiger charge is 2.70. The molecule has 0 unspecified atom stereocenters. The average molecular weight is 335 g/mol. The van der Waals surface area contributed by atoms with Gasteiger partial charge in [-0.1, -0.05) is 30.3 Å². The van der Waals surface area contributed by atoms with Crippen molar-refractivity contribution in [3.05, 3.63) is 66.0 Å². The van der Waals surface area contributed by atoms with E-state index in [-0.39, 0.29) is 18.0 Å². The Hall–Kier alpha value is -1.76. The van der Waals surface area contributed by atoms with Gasteiger partial charge in [0.05, 0.1) is 16.8 Å². The van der Waals surface area contributed by atoms with Crippen molar-refractivity contribution in [3.63, 3.8) is 0 Å². The molecule has 4 nitrogen and oxygen atoms in total. The molecule has 0 aliphatic heterocycles. The van der Waals surface area contributed by atoms with Crippen LogP contribution in [0.4, 0.5) is 4.39 Å². The number of hydrogen-bond acceptors (Lipinski definition) is 4. The number of benzene rings is 2. The average Bonchev–Trinajstić information content (AvgIpc) is 3.26. The van der Waals surface area contributed by atoms with Crippen LogP contribution in [-0.4, -0.2) is 31.9 Å². The fraction of sp³-hybridized carbons (Fsp3) is 0.294. The molecule has 0 radical (unpaired) electrons. The molecular formula is C17H18FNO3S. The SMILES string of the molecule is NC[C@@]1(CO)[C@H](c2cccc(F)c2)[C@@H]1S(=O)(=O)c1ccccc1. The molecule has 0 spiro atoms. The van der Waals surface area contributed by atoms with E-state index >= 15 is 0 Å². The van der Waals surface area contributed by atoms with Crippen LogP contribution in [0.15, 0.2) is 59.5 Å². The van der Waals surface area contributed by atoms with E-state index in [1.807, 2.05) is 0 Å².